The van der Waals surface area contributed by atoms with E-state index >= 15 is 0 Å². The van der Waals surface area contributed by atoms with Gasteiger partial charge < -0.3 is 0 Å². The highest BCUT2D eigenvalue weighted by atomic mass is 32.2. The molecule has 0 unspecified atom stereocenters. The number of sulfonamides is 1. The molecule has 0 saturated heterocycles. The number of benzene rings is 1. The van der Waals surface area contributed by atoms with Crippen LogP contribution in [-0.2, 0) is 16.6 Å². The van der Waals surface area contributed by atoms with Crippen LogP contribution in [0.2, 0.25) is 0 Å². The third-order valence-corrected chi connectivity index (χ3v) is 4.85. The van der Waals surface area contributed by atoms with E-state index in [9.17, 15) is 8.42 Å². The maximum absolute atomic E-state index is 12.2. The second kappa shape index (κ2) is 5.48. The van der Waals surface area contributed by atoms with Gasteiger partial charge in [-0.05, 0) is 24.6 Å². The van der Waals surface area contributed by atoms with Gasteiger partial charge in [-0.2, -0.15) is 5.26 Å². The van der Waals surface area contributed by atoms with Gasteiger partial charge in [0.15, 0.2) is 0 Å². The molecule has 0 spiro atoms. The lowest BCUT2D eigenvalue weighted by Crippen LogP contribution is -2.23. The van der Waals surface area contributed by atoms with Crippen LogP contribution in [0.5, 0.6) is 0 Å². The first-order chi connectivity index (χ1) is 9.03. The van der Waals surface area contributed by atoms with Crippen molar-refractivity contribution >= 4 is 21.4 Å². The topological polar surface area (TPSA) is 82.8 Å². The fourth-order valence-electron chi connectivity index (χ4n) is 1.53. The van der Waals surface area contributed by atoms with Gasteiger partial charge in [0.25, 0.3) is 0 Å². The Hall–Kier alpha value is -1.75. The SMILES string of the molecule is Cc1ccc(C#N)cc1S(=O)(=O)NCc1cncs1. The summed E-state index contributed by atoms with van der Waals surface area (Å²) in [5.74, 6) is 0. The second-order valence-corrected chi connectivity index (χ2v) is 6.59. The average molecular weight is 293 g/mol. The van der Waals surface area contributed by atoms with E-state index < -0.39 is 10.0 Å². The van der Waals surface area contributed by atoms with Crippen LogP contribution >= 0.6 is 11.3 Å². The van der Waals surface area contributed by atoms with Crippen molar-refractivity contribution in [3.05, 3.63) is 45.9 Å². The van der Waals surface area contributed by atoms with Crippen molar-refractivity contribution in [2.45, 2.75) is 18.4 Å². The molecular weight excluding hydrogens is 282 g/mol. The summed E-state index contributed by atoms with van der Waals surface area (Å²) < 4.78 is 26.9. The molecule has 0 atom stereocenters. The predicted octanol–water partition coefficient (Wildman–Crippen LogP) is 1.80. The standard InChI is InChI=1S/C12H11N3O2S2/c1-9-2-3-10(5-13)4-12(9)19(16,17)15-7-11-6-14-8-18-11/h2-4,6,8,15H,7H2,1H3. The van der Waals surface area contributed by atoms with E-state index in [4.69, 9.17) is 5.26 Å². The van der Waals surface area contributed by atoms with Gasteiger partial charge in [-0.25, -0.2) is 13.1 Å². The number of nitrogens with zero attached hydrogens (tertiary/aromatic N) is 2. The van der Waals surface area contributed by atoms with E-state index in [1.54, 1.807) is 30.8 Å². The molecule has 0 saturated carbocycles. The normalized spacial score (nSPS) is 11.2. The minimum absolute atomic E-state index is 0.135. The van der Waals surface area contributed by atoms with Crippen LogP contribution in [0.3, 0.4) is 0 Å². The van der Waals surface area contributed by atoms with E-state index in [-0.39, 0.29) is 11.4 Å². The zero-order valence-electron chi connectivity index (χ0n) is 10.1. The number of hydrogen-bond acceptors (Lipinski definition) is 5. The molecule has 2 aromatic rings. The van der Waals surface area contributed by atoms with Crippen molar-refractivity contribution in [1.29, 1.82) is 5.26 Å². The largest absolute Gasteiger partial charge is 0.253 e. The Balaban J connectivity index is 2.27. The molecule has 1 N–H and O–H groups in total. The first kappa shape index (κ1) is 13.7. The fraction of sp³-hybridized carbons (Fsp3) is 0.167. The van der Waals surface area contributed by atoms with Gasteiger partial charge in [0.05, 0.1) is 22.0 Å². The molecular formula is C12H11N3O2S2. The summed E-state index contributed by atoms with van der Waals surface area (Å²) in [7, 11) is -3.62. The smallest absolute Gasteiger partial charge is 0.241 e. The molecule has 1 aromatic heterocycles. The summed E-state index contributed by atoms with van der Waals surface area (Å²) in [6, 6.07) is 6.54. The van der Waals surface area contributed by atoms with E-state index in [0.29, 0.717) is 11.1 Å². The Bertz CT molecular complexity index is 716. The molecule has 0 bridgehead atoms. The van der Waals surface area contributed by atoms with Crippen molar-refractivity contribution in [2.24, 2.45) is 0 Å². The number of hydrogen-bond donors (Lipinski definition) is 1. The molecule has 0 aliphatic carbocycles. The van der Waals surface area contributed by atoms with Crippen molar-refractivity contribution in [3.8, 4) is 6.07 Å². The van der Waals surface area contributed by atoms with E-state index in [2.05, 4.69) is 9.71 Å². The van der Waals surface area contributed by atoms with Crippen molar-refractivity contribution in [1.82, 2.24) is 9.71 Å². The second-order valence-electron chi connectivity index (χ2n) is 3.88. The van der Waals surface area contributed by atoms with Crippen LogP contribution in [0.1, 0.15) is 16.0 Å². The zero-order chi connectivity index (χ0) is 13.9. The molecule has 0 aliphatic rings. The summed E-state index contributed by atoms with van der Waals surface area (Å²) in [6.07, 6.45) is 1.62. The minimum Gasteiger partial charge on any atom is -0.253 e. The summed E-state index contributed by atoms with van der Waals surface area (Å²) in [5.41, 5.74) is 2.57. The number of rotatable bonds is 4. The highest BCUT2D eigenvalue weighted by molar-refractivity contribution is 7.89. The van der Waals surface area contributed by atoms with Crippen LogP contribution in [0.25, 0.3) is 0 Å². The van der Waals surface area contributed by atoms with Crippen LogP contribution in [0, 0.1) is 18.3 Å². The molecule has 2 rings (SSSR count). The van der Waals surface area contributed by atoms with Crippen molar-refractivity contribution < 1.29 is 8.42 Å². The van der Waals surface area contributed by atoms with Gasteiger partial charge in [-0.15, -0.1) is 11.3 Å². The third-order valence-electron chi connectivity index (χ3n) is 2.53. The number of nitrogens with one attached hydrogen (secondary N) is 1. The minimum atomic E-state index is -3.62. The highest BCUT2D eigenvalue weighted by Crippen LogP contribution is 2.17. The van der Waals surface area contributed by atoms with E-state index in [0.717, 1.165) is 4.88 Å². The summed E-state index contributed by atoms with van der Waals surface area (Å²) in [6.45, 7) is 1.89. The quantitative estimate of drug-likeness (QED) is 0.931. The Kier molecular flexibility index (Phi) is 3.95. The molecule has 98 valence electrons. The lowest BCUT2D eigenvalue weighted by Gasteiger charge is -2.08. The van der Waals surface area contributed by atoms with Gasteiger partial charge in [-0.3, -0.25) is 4.98 Å². The molecule has 1 heterocycles. The lowest BCUT2D eigenvalue weighted by atomic mass is 10.2. The van der Waals surface area contributed by atoms with Crippen LogP contribution < -0.4 is 4.72 Å². The van der Waals surface area contributed by atoms with Crippen LogP contribution in [0.15, 0.2) is 34.8 Å². The maximum atomic E-state index is 12.2. The van der Waals surface area contributed by atoms with Crippen molar-refractivity contribution in [3.63, 3.8) is 0 Å². The van der Waals surface area contributed by atoms with E-state index in [1.165, 1.54) is 17.4 Å². The van der Waals surface area contributed by atoms with Gasteiger partial charge in [-0.1, -0.05) is 6.07 Å². The Morgan fingerprint density at radius 3 is 2.89 bits per heavy atom. The molecule has 1 aromatic carbocycles. The molecule has 0 aliphatic heterocycles. The molecule has 0 amide bonds. The summed E-state index contributed by atoms with van der Waals surface area (Å²) in [4.78, 5) is 4.85. The van der Waals surface area contributed by atoms with E-state index in [1.807, 2.05) is 6.07 Å². The number of aryl methyl sites for hydroxylation is 1. The van der Waals surface area contributed by atoms with Gasteiger partial charge in [0, 0.05) is 17.6 Å². The zero-order valence-corrected chi connectivity index (χ0v) is 11.8. The highest BCUT2D eigenvalue weighted by Gasteiger charge is 2.17. The maximum Gasteiger partial charge on any atom is 0.241 e. The molecule has 0 fully saturated rings. The first-order valence-corrected chi connectivity index (χ1v) is 7.77. The first-order valence-electron chi connectivity index (χ1n) is 5.41. The van der Waals surface area contributed by atoms with Gasteiger partial charge in [0.2, 0.25) is 10.0 Å². The lowest BCUT2D eigenvalue weighted by molar-refractivity contribution is 0.581. The summed E-state index contributed by atoms with van der Waals surface area (Å²) in [5, 5.41) is 8.83. The number of thiazole rings is 1. The molecule has 5 nitrogen and oxygen atoms in total. The third kappa shape index (κ3) is 3.17. The van der Waals surface area contributed by atoms with Gasteiger partial charge in [0.1, 0.15) is 0 Å². The predicted molar refractivity (Wildman–Crippen MR) is 72.0 cm³/mol. The number of nitriles is 1. The Labute approximate surface area is 115 Å². The van der Waals surface area contributed by atoms with Crippen molar-refractivity contribution in [2.75, 3.05) is 0 Å². The van der Waals surface area contributed by atoms with Crippen LogP contribution in [-0.4, -0.2) is 13.4 Å². The van der Waals surface area contributed by atoms with Gasteiger partial charge >= 0.3 is 0 Å². The fourth-order valence-corrected chi connectivity index (χ4v) is 3.43. The Morgan fingerprint density at radius 2 is 2.26 bits per heavy atom. The van der Waals surface area contributed by atoms with Crippen LogP contribution in [0.4, 0.5) is 0 Å². The monoisotopic (exact) mass is 293 g/mol. The average Bonchev–Trinajstić information content (AvgIpc) is 2.90. The molecule has 0 radical (unpaired) electrons. The molecule has 7 heteroatoms. The number of aromatic nitrogens is 1. The summed E-state index contributed by atoms with van der Waals surface area (Å²) >= 11 is 1.38. The molecule has 19 heavy (non-hydrogen) atoms. The Morgan fingerprint density at radius 1 is 1.47 bits per heavy atom.